The van der Waals surface area contributed by atoms with Crippen LogP contribution in [-0.2, 0) is 0 Å². The van der Waals surface area contributed by atoms with E-state index >= 15 is 0 Å². The Morgan fingerprint density at radius 3 is 2.47 bits per heavy atom. The van der Waals surface area contributed by atoms with Gasteiger partial charge in [0.2, 0.25) is 0 Å². The summed E-state index contributed by atoms with van der Waals surface area (Å²) in [7, 11) is 0. The Hall–Kier alpha value is -0.260. The Kier molecular flexibility index (Phi) is 4.03. The predicted octanol–water partition coefficient (Wildman–Crippen LogP) is 4.05. The summed E-state index contributed by atoms with van der Waals surface area (Å²) in [5.41, 5.74) is 5.84. The lowest BCUT2D eigenvalue weighted by Crippen LogP contribution is -2.20. The van der Waals surface area contributed by atoms with Gasteiger partial charge in [0.25, 0.3) is 0 Å². The van der Waals surface area contributed by atoms with Gasteiger partial charge in [-0.2, -0.15) is 13.2 Å². The van der Waals surface area contributed by atoms with Crippen molar-refractivity contribution in [1.82, 2.24) is 0 Å². The van der Waals surface area contributed by atoms with Crippen LogP contribution in [0.15, 0.2) is 22.7 Å². The molecule has 0 amide bonds. The number of alkyl halides is 3. The molecule has 0 unspecified atom stereocenters. The highest BCUT2D eigenvalue weighted by atomic mass is 79.9. The first-order valence-corrected chi connectivity index (χ1v) is 5.24. The van der Waals surface area contributed by atoms with Crippen molar-refractivity contribution >= 4 is 27.5 Å². The Bertz CT molecular complexity index is 354. The van der Waals surface area contributed by atoms with Crippen LogP contribution in [0.4, 0.5) is 13.2 Å². The van der Waals surface area contributed by atoms with Gasteiger partial charge in [-0.15, -0.1) is 0 Å². The Balaban J connectivity index is 2.87. The maximum atomic E-state index is 12.1. The van der Waals surface area contributed by atoms with Crippen LogP contribution in [0.25, 0.3) is 0 Å². The molecule has 1 rings (SSSR count). The second kappa shape index (κ2) is 4.72. The lowest BCUT2D eigenvalue weighted by molar-refractivity contribution is -0.138. The summed E-state index contributed by atoms with van der Waals surface area (Å²) < 4.78 is 36.7. The Morgan fingerprint density at radius 1 is 1.40 bits per heavy atom. The molecule has 1 atom stereocenters. The van der Waals surface area contributed by atoms with Crippen molar-refractivity contribution in [1.29, 1.82) is 0 Å². The van der Waals surface area contributed by atoms with E-state index in [-0.39, 0.29) is 0 Å². The summed E-state index contributed by atoms with van der Waals surface area (Å²) >= 11 is 8.79. The second-order valence-corrected chi connectivity index (χ2v) is 4.38. The van der Waals surface area contributed by atoms with Gasteiger partial charge in [-0.25, -0.2) is 0 Å². The smallest absolute Gasteiger partial charge is 0.324 e. The quantitative estimate of drug-likeness (QED) is 0.876. The number of hydrogen-bond acceptors (Lipinski definition) is 1. The normalized spacial score (nSPS) is 14.0. The van der Waals surface area contributed by atoms with Gasteiger partial charge in [-0.3, -0.25) is 0 Å². The van der Waals surface area contributed by atoms with E-state index in [1.54, 1.807) is 0 Å². The highest BCUT2D eigenvalue weighted by Gasteiger charge is 2.31. The molecule has 0 aliphatic heterocycles. The van der Waals surface area contributed by atoms with E-state index in [0.717, 1.165) is 0 Å². The summed E-state index contributed by atoms with van der Waals surface area (Å²) in [5, 5.41) is 0.449. The number of halogens is 5. The largest absolute Gasteiger partial charge is 0.390 e. The third-order valence-electron chi connectivity index (χ3n) is 1.81. The van der Waals surface area contributed by atoms with Crippen LogP contribution < -0.4 is 5.73 Å². The third-order valence-corrected chi connectivity index (χ3v) is 2.74. The molecular weight excluding hydrogens is 294 g/mol. The fraction of sp³-hybridized carbons (Fsp3) is 0.333. The summed E-state index contributed by atoms with van der Waals surface area (Å²) in [6, 6.07) is 3.45. The van der Waals surface area contributed by atoms with E-state index in [1.165, 1.54) is 18.2 Å². The van der Waals surface area contributed by atoms with Crippen LogP contribution in [0.5, 0.6) is 0 Å². The van der Waals surface area contributed by atoms with Gasteiger partial charge in [0, 0.05) is 15.5 Å². The Morgan fingerprint density at radius 2 is 2.00 bits per heavy atom. The third kappa shape index (κ3) is 4.01. The predicted molar refractivity (Wildman–Crippen MR) is 56.8 cm³/mol. The van der Waals surface area contributed by atoms with Gasteiger partial charge >= 0.3 is 6.18 Å². The van der Waals surface area contributed by atoms with Crippen molar-refractivity contribution in [2.24, 2.45) is 5.73 Å². The van der Waals surface area contributed by atoms with Gasteiger partial charge in [0.1, 0.15) is 0 Å². The molecule has 1 aromatic rings. The molecular formula is C9H8BrClF3N. The second-order valence-electron chi connectivity index (χ2n) is 3.09. The van der Waals surface area contributed by atoms with E-state index < -0.39 is 18.6 Å². The summed E-state index contributed by atoms with van der Waals surface area (Å²) in [5.74, 6) is 0. The molecule has 0 fully saturated rings. The number of nitrogens with two attached hydrogens (primary N) is 1. The maximum absolute atomic E-state index is 12.1. The minimum atomic E-state index is -4.27. The first-order chi connectivity index (χ1) is 6.79. The lowest BCUT2D eigenvalue weighted by atomic mass is 10.0. The molecule has 0 aliphatic rings. The molecule has 0 heterocycles. The zero-order valence-electron chi connectivity index (χ0n) is 7.48. The van der Waals surface area contributed by atoms with Gasteiger partial charge in [0.15, 0.2) is 0 Å². The van der Waals surface area contributed by atoms with E-state index in [4.69, 9.17) is 17.3 Å². The molecule has 0 aliphatic carbocycles. The zero-order chi connectivity index (χ0) is 11.6. The van der Waals surface area contributed by atoms with Crippen molar-refractivity contribution in [3.63, 3.8) is 0 Å². The fourth-order valence-electron chi connectivity index (χ4n) is 1.16. The molecule has 0 spiro atoms. The molecule has 84 valence electrons. The topological polar surface area (TPSA) is 26.0 Å². The van der Waals surface area contributed by atoms with Crippen LogP contribution in [0.1, 0.15) is 18.0 Å². The molecule has 0 radical (unpaired) electrons. The van der Waals surface area contributed by atoms with Crippen molar-refractivity contribution in [2.45, 2.75) is 18.6 Å². The first kappa shape index (κ1) is 12.8. The Labute approximate surface area is 98.5 Å². The van der Waals surface area contributed by atoms with Crippen molar-refractivity contribution in [3.05, 3.63) is 33.3 Å². The summed E-state index contributed by atoms with van der Waals surface area (Å²) in [4.78, 5) is 0. The molecule has 1 nitrogen and oxygen atoms in total. The number of hydrogen-bond donors (Lipinski definition) is 1. The van der Waals surface area contributed by atoms with Crippen LogP contribution in [0.2, 0.25) is 5.02 Å². The molecule has 6 heteroatoms. The van der Waals surface area contributed by atoms with Crippen LogP contribution >= 0.6 is 27.5 Å². The van der Waals surface area contributed by atoms with Gasteiger partial charge < -0.3 is 5.73 Å². The first-order valence-electron chi connectivity index (χ1n) is 4.07. The molecule has 15 heavy (non-hydrogen) atoms. The standard InChI is InChI=1S/C9H8BrClF3N/c10-7-3-5(11)1-2-6(7)8(15)4-9(12,13)14/h1-3,8H,4,15H2/t8-/m0/s1. The van der Waals surface area contributed by atoms with Gasteiger partial charge in [-0.05, 0) is 17.7 Å². The van der Waals surface area contributed by atoms with E-state index in [1.807, 2.05) is 0 Å². The number of rotatable bonds is 2. The minimum absolute atomic E-state index is 0.400. The van der Waals surface area contributed by atoms with Crippen LogP contribution in [0, 0.1) is 0 Å². The van der Waals surface area contributed by atoms with Crippen LogP contribution in [-0.4, -0.2) is 6.18 Å². The highest BCUT2D eigenvalue weighted by Crippen LogP contribution is 2.32. The van der Waals surface area contributed by atoms with Crippen LogP contribution in [0.3, 0.4) is 0 Å². The van der Waals surface area contributed by atoms with Crippen molar-refractivity contribution in [3.8, 4) is 0 Å². The molecule has 2 N–H and O–H groups in total. The highest BCUT2D eigenvalue weighted by molar-refractivity contribution is 9.10. The SMILES string of the molecule is N[C@@H](CC(F)(F)F)c1ccc(Cl)cc1Br. The summed E-state index contributed by atoms with van der Waals surface area (Å²) in [6.07, 6.45) is -5.31. The van der Waals surface area contributed by atoms with E-state index in [0.29, 0.717) is 15.1 Å². The molecule has 0 bridgehead atoms. The molecule has 1 aromatic carbocycles. The maximum Gasteiger partial charge on any atom is 0.390 e. The lowest BCUT2D eigenvalue weighted by Gasteiger charge is -2.15. The zero-order valence-corrected chi connectivity index (χ0v) is 9.83. The van der Waals surface area contributed by atoms with Gasteiger partial charge in [0.05, 0.1) is 6.42 Å². The summed E-state index contributed by atoms with van der Waals surface area (Å²) in [6.45, 7) is 0. The molecule has 0 saturated heterocycles. The molecule has 0 saturated carbocycles. The number of benzene rings is 1. The van der Waals surface area contributed by atoms with Crippen molar-refractivity contribution < 1.29 is 13.2 Å². The molecule has 0 aromatic heterocycles. The van der Waals surface area contributed by atoms with E-state index in [2.05, 4.69) is 15.9 Å². The monoisotopic (exact) mass is 301 g/mol. The van der Waals surface area contributed by atoms with E-state index in [9.17, 15) is 13.2 Å². The minimum Gasteiger partial charge on any atom is -0.324 e. The average molecular weight is 303 g/mol. The fourth-order valence-corrected chi connectivity index (χ4v) is 2.14. The van der Waals surface area contributed by atoms with Crippen molar-refractivity contribution in [2.75, 3.05) is 0 Å². The van der Waals surface area contributed by atoms with Gasteiger partial charge in [-0.1, -0.05) is 33.6 Å². The average Bonchev–Trinajstić information content (AvgIpc) is 1.99.